The summed E-state index contributed by atoms with van der Waals surface area (Å²) < 4.78 is 2.90. The van der Waals surface area contributed by atoms with Crippen molar-refractivity contribution in [2.24, 2.45) is 0 Å². The van der Waals surface area contributed by atoms with Crippen LogP contribution in [0.15, 0.2) is 67.0 Å². The van der Waals surface area contributed by atoms with Crippen molar-refractivity contribution in [1.29, 1.82) is 0 Å². The van der Waals surface area contributed by atoms with E-state index in [1.54, 1.807) is 22.2 Å². The molecule has 0 fully saturated rings. The lowest BCUT2D eigenvalue weighted by molar-refractivity contribution is -0.136. The number of aliphatic carboxylic acids is 1. The summed E-state index contributed by atoms with van der Waals surface area (Å²) in [4.78, 5) is 15.8. The number of allylic oxidation sites excluding steroid dienone is 1. The highest BCUT2D eigenvalue weighted by atomic mass is 32.1. The Hall–Kier alpha value is -3.25. The molecule has 4 rings (SSSR count). The fourth-order valence-corrected chi connectivity index (χ4v) is 3.84. The van der Waals surface area contributed by atoms with Crippen LogP contribution < -0.4 is 0 Å². The van der Waals surface area contributed by atoms with Gasteiger partial charge in [-0.1, -0.05) is 30.3 Å². The quantitative estimate of drug-likeness (QED) is 0.521. The molecule has 2 aromatic carbocycles. The van der Waals surface area contributed by atoms with Gasteiger partial charge in [-0.25, -0.2) is 9.67 Å². The van der Waals surface area contributed by atoms with E-state index in [9.17, 15) is 4.79 Å². The van der Waals surface area contributed by atoms with E-state index in [2.05, 4.69) is 10.1 Å². The zero-order valence-corrected chi connectivity index (χ0v) is 15.3. The van der Waals surface area contributed by atoms with Crippen LogP contribution in [0.5, 0.6) is 0 Å². The van der Waals surface area contributed by atoms with Crippen LogP contribution in [0.3, 0.4) is 0 Å². The highest BCUT2D eigenvalue weighted by Gasteiger charge is 2.12. The summed E-state index contributed by atoms with van der Waals surface area (Å²) in [6, 6.07) is 17.8. The highest BCUT2D eigenvalue weighted by molar-refractivity contribution is 7.19. The molecule has 0 aliphatic heterocycles. The average molecular weight is 375 g/mol. The minimum Gasteiger partial charge on any atom is -0.481 e. The van der Waals surface area contributed by atoms with E-state index in [0.717, 1.165) is 32.0 Å². The molecule has 5 nitrogen and oxygen atoms in total. The number of benzene rings is 2. The molecule has 0 saturated carbocycles. The van der Waals surface area contributed by atoms with Crippen molar-refractivity contribution in [3.05, 3.63) is 77.6 Å². The van der Waals surface area contributed by atoms with Crippen LogP contribution in [0.1, 0.15) is 23.4 Å². The van der Waals surface area contributed by atoms with Gasteiger partial charge in [0.15, 0.2) is 0 Å². The van der Waals surface area contributed by atoms with Crippen molar-refractivity contribution in [2.75, 3.05) is 0 Å². The van der Waals surface area contributed by atoms with Crippen LogP contribution in [0.25, 0.3) is 27.6 Å². The molecule has 27 heavy (non-hydrogen) atoms. The van der Waals surface area contributed by atoms with Crippen LogP contribution in [-0.4, -0.2) is 25.8 Å². The van der Waals surface area contributed by atoms with Gasteiger partial charge in [-0.15, -0.1) is 11.3 Å². The van der Waals surface area contributed by atoms with Gasteiger partial charge < -0.3 is 5.11 Å². The number of rotatable bonds is 6. The first-order valence-electron chi connectivity index (χ1n) is 8.57. The zero-order valence-electron chi connectivity index (χ0n) is 14.4. The molecule has 0 radical (unpaired) electrons. The number of aromatic nitrogens is 3. The summed E-state index contributed by atoms with van der Waals surface area (Å²) in [5, 5.41) is 14.4. The standard InChI is InChI=1S/C21H17N3O2S/c25-20(26)11-10-16(21-23-18-8-4-5-9-19(18)27-21)12-15-13-22-24(14-15)17-6-2-1-3-7-17/h1-9,12-14H,10-11H2,(H,25,26)/b16-12+. The molecule has 0 bridgehead atoms. The number of hydrogen-bond donors (Lipinski definition) is 1. The smallest absolute Gasteiger partial charge is 0.303 e. The third-order valence-corrected chi connectivity index (χ3v) is 5.25. The van der Waals surface area contributed by atoms with Crippen molar-refractivity contribution < 1.29 is 9.90 Å². The first-order valence-corrected chi connectivity index (χ1v) is 9.39. The summed E-state index contributed by atoms with van der Waals surface area (Å²) in [6.07, 6.45) is 6.18. The number of carboxylic acid groups (broad SMARTS) is 1. The Morgan fingerprint density at radius 1 is 1.07 bits per heavy atom. The number of carbonyl (C=O) groups is 1. The van der Waals surface area contributed by atoms with Gasteiger partial charge in [-0.3, -0.25) is 4.79 Å². The summed E-state index contributed by atoms with van der Waals surface area (Å²) in [5.41, 5.74) is 3.73. The molecule has 0 unspecified atom stereocenters. The van der Waals surface area contributed by atoms with Crippen molar-refractivity contribution in [2.45, 2.75) is 12.8 Å². The van der Waals surface area contributed by atoms with E-state index >= 15 is 0 Å². The Bertz CT molecular complexity index is 1080. The van der Waals surface area contributed by atoms with E-state index < -0.39 is 5.97 Å². The molecule has 0 amide bonds. The average Bonchev–Trinajstić information content (AvgIpc) is 3.32. The molecule has 4 aromatic rings. The predicted octanol–water partition coefficient (Wildman–Crippen LogP) is 4.89. The number of thiazole rings is 1. The minimum atomic E-state index is -0.818. The molecule has 0 aliphatic rings. The van der Waals surface area contributed by atoms with E-state index in [1.807, 2.05) is 66.9 Å². The zero-order chi connectivity index (χ0) is 18.6. The van der Waals surface area contributed by atoms with Gasteiger partial charge in [-0.2, -0.15) is 5.10 Å². The second kappa shape index (κ2) is 7.55. The Balaban J connectivity index is 1.70. The molecular weight excluding hydrogens is 358 g/mol. The molecule has 0 atom stereocenters. The topological polar surface area (TPSA) is 68.0 Å². The summed E-state index contributed by atoms with van der Waals surface area (Å²) in [6.45, 7) is 0. The molecule has 6 heteroatoms. The first-order chi connectivity index (χ1) is 13.2. The van der Waals surface area contributed by atoms with Gasteiger partial charge in [0.1, 0.15) is 5.01 Å². The van der Waals surface area contributed by atoms with Crippen LogP contribution in [0.2, 0.25) is 0 Å². The van der Waals surface area contributed by atoms with Gasteiger partial charge in [0.2, 0.25) is 0 Å². The molecule has 1 N–H and O–H groups in total. The second-order valence-electron chi connectivity index (χ2n) is 6.10. The molecule has 2 aromatic heterocycles. The van der Waals surface area contributed by atoms with Gasteiger partial charge in [0, 0.05) is 18.2 Å². The van der Waals surface area contributed by atoms with Gasteiger partial charge in [-0.05, 0) is 42.3 Å². The lowest BCUT2D eigenvalue weighted by atomic mass is 10.1. The SMILES string of the molecule is O=C(O)CC/C(=C\c1cnn(-c2ccccc2)c1)c1nc2ccccc2s1. The predicted molar refractivity (Wildman–Crippen MR) is 108 cm³/mol. The van der Waals surface area contributed by atoms with Gasteiger partial charge in [0.05, 0.1) is 22.1 Å². The maximum absolute atomic E-state index is 11.1. The first kappa shape index (κ1) is 17.2. The molecule has 0 spiro atoms. The van der Waals surface area contributed by atoms with Crippen molar-refractivity contribution in [1.82, 2.24) is 14.8 Å². The van der Waals surface area contributed by atoms with Crippen molar-refractivity contribution in [3.63, 3.8) is 0 Å². The molecular formula is C21H17N3O2S. The van der Waals surface area contributed by atoms with Gasteiger partial charge in [0.25, 0.3) is 0 Å². The largest absolute Gasteiger partial charge is 0.481 e. The molecule has 2 heterocycles. The van der Waals surface area contributed by atoms with Crippen LogP contribution >= 0.6 is 11.3 Å². The Morgan fingerprint density at radius 2 is 1.85 bits per heavy atom. The van der Waals surface area contributed by atoms with E-state index in [4.69, 9.17) is 5.11 Å². The fraction of sp³-hybridized carbons (Fsp3) is 0.0952. The molecule has 0 saturated heterocycles. The number of hydrogen-bond acceptors (Lipinski definition) is 4. The van der Waals surface area contributed by atoms with Crippen LogP contribution in [0, 0.1) is 0 Å². The lowest BCUT2D eigenvalue weighted by Gasteiger charge is -2.02. The summed E-state index contributed by atoms with van der Waals surface area (Å²) in [5.74, 6) is -0.818. The molecule has 134 valence electrons. The van der Waals surface area contributed by atoms with Crippen LogP contribution in [-0.2, 0) is 4.79 Å². The lowest BCUT2D eigenvalue weighted by Crippen LogP contribution is -1.95. The second-order valence-corrected chi connectivity index (χ2v) is 7.13. The Morgan fingerprint density at radius 3 is 2.63 bits per heavy atom. The normalized spacial score (nSPS) is 11.8. The Kier molecular flexibility index (Phi) is 4.80. The fourth-order valence-electron chi connectivity index (χ4n) is 2.83. The number of fused-ring (bicyclic) bond motifs is 1. The van der Waals surface area contributed by atoms with Crippen molar-refractivity contribution >= 4 is 39.2 Å². The summed E-state index contributed by atoms with van der Waals surface area (Å²) in [7, 11) is 0. The summed E-state index contributed by atoms with van der Waals surface area (Å²) >= 11 is 1.58. The van der Waals surface area contributed by atoms with Crippen molar-refractivity contribution in [3.8, 4) is 5.69 Å². The minimum absolute atomic E-state index is 0.0641. The van der Waals surface area contributed by atoms with E-state index in [0.29, 0.717) is 6.42 Å². The monoisotopic (exact) mass is 375 g/mol. The Labute approximate surface area is 160 Å². The van der Waals surface area contributed by atoms with E-state index in [-0.39, 0.29) is 6.42 Å². The maximum Gasteiger partial charge on any atom is 0.303 e. The number of nitrogens with zero attached hydrogens (tertiary/aromatic N) is 3. The van der Waals surface area contributed by atoms with Crippen LogP contribution in [0.4, 0.5) is 0 Å². The third kappa shape index (κ3) is 3.96. The maximum atomic E-state index is 11.1. The highest BCUT2D eigenvalue weighted by Crippen LogP contribution is 2.31. The molecule has 0 aliphatic carbocycles. The van der Waals surface area contributed by atoms with E-state index in [1.165, 1.54) is 0 Å². The number of para-hydroxylation sites is 2. The third-order valence-electron chi connectivity index (χ3n) is 4.14. The van der Waals surface area contributed by atoms with Gasteiger partial charge >= 0.3 is 5.97 Å². The number of carboxylic acids is 1.